The molecule has 1 heterocycles. The number of nitrogens with zero attached hydrogens (tertiary/aromatic N) is 2. The van der Waals surface area contributed by atoms with Gasteiger partial charge in [-0.25, -0.2) is 4.79 Å². The van der Waals surface area contributed by atoms with Crippen LogP contribution in [0.4, 0.5) is 4.79 Å². The van der Waals surface area contributed by atoms with E-state index >= 15 is 0 Å². The summed E-state index contributed by atoms with van der Waals surface area (Å²) < 4.78 is 5.67. The predicted octanol–water partition coefficient (Wildman–Crippen LogP) is 5.21. The van der Waals surface area contributed by atoms with E-state index in [2.05, 4.69) is 53.5 Å². The van der Waals surface area contributed by atoms with Gasteiger partial charge in [0.05, 0.1) is 6.04 Å². The summed E-state index contributed by atoms with van der Waals surface area (Å²) in [6.07, 6.45) is 4.89. The minimum absolute atomic E-state index is 0.0993. The first-order valence-electron chi connectivity index (χ1n) is 10.4. The topological polar surface area (TPSA) is 32.8 Å². The second kappa shape index (κ2) is 9.75. The van der Waals surface area contributed by atoms with Gasteiger partial charge in [0.1, 0.15) is 5.60 Å². The molecule has 0 radical (unpaired) electrons. The highest BCUT2D eigenvalue weighted by Gasteiger charge is 2.32. The van der Waals surface area contributed by atoms with Crippen LogP contribution in [0.5, 0.6) is 0 Å². The smallest absolute Gasteiger partial charge is 0.410 e. The average molecular weight is 393 g/mol. The molecule has 2 aromatic rings. The van der Waals surface area contributed by atoms with Crippen LogP contribution >= 0.6 is 0 Å². The number of rotatable bonds is 5. The molecular formula is C25H32N2O2. The lowest BCUT2D eigenvalue weighted by Crippen LogP contribution is -2.55. The molecule has 0 aromatic heterocycles. The molecule has 0 spiro atoms. The minimum Gasteiger partial charge on any atom is -0.444 e. The van der Waals surface area contributed by atoms with Crippen molar-refractivity contribution in [2.24, 2.45) is 0 Å². The fraction of sp³-hybridized carbons (Fsp3) is 0.400. The van der Waals surface area contributed by atoms with Crippen molar-refractivity contribution in [2.75, 3.05) is 19.6 Å². The minimum atomic E-state index is -0.483. The Balaban J connectivity index is 1.68. The molecule has 4 heteroatoms. The van der Waals surface area contributed by atoms with Gasteiger partial charge in [-0.1, -0.05) is 72.8 Å². The Kier molecular flexibility index (Phi) is 7.10. The molecule has 29 heavy (non-hydrogen) atoms. The van der Waals surface area contributed by atoms with Crippen LogP contribution in [0.2, 0.25) is 0 Å². The lowest BCUT2D eigenvalue weighted by atomic mass is 10.1. The van der Waals surface area contributed by atoms with Crippen LogP contribution in [0.15, 0.2) is 66.7 Å². The van der Waals surface area contributed by atoms with Gasteiger partial charge >= 0.3 is 6.09 Å². The number of carbonyl (C=O) groups excluding carboxylic acids is 1. The van der Waals surface area contributed by atoms with Crippen LogP contribution in [-0.2, 0) is 11.3 Å². The fourth-order valence-corrected chi connectivity index (χ4v) is 3.59. The first-order valence-corrected chi connectivity index (χ1v) is 10.4. The number of carbonyl (C=O) groups is 1. The van der Waals surface area contributed by atoms with E-state index in [1.807, 2.05) is 49.9 Å². The molecule has 1 atom stereocenters. The molecule has 2 aromatic carbocycles. The summed E-state index contributed by atoms with van der Waals surface area (Å²) in [6.45, 7) is 9.04. The predicted molar refractivity (Wildman–Crippen MR) is 119 cm³/mol. The summed E-state index contributed by atoms with van der Waals surface area (Å²) in [7, 11) is 0. The van der Waals surface area contributed by atoms with E-state index < -0.39 is 5.60 Å². The Hall–Kier alpha value is -2.59. The van der Waals surface area contributed by atoms with E-state index in [0.29, 0.717) is 6.54 Å². The third kappa shape index (κ3) is 6.75. The highest BCUT2D eigenvalue weighted by atomic mass is 16.6. The van der Waals surface area contributed by atoms with Crippen molar-refractivity contribution in [1.82, 2.24) is 9.80 Å². The van der Waals surface area contributed by atoms with Crippen LogP contribution in [0.3, 0.4) is 0 Å². The molecule has 1 saturated heterocycles. The third-order valence-corrected chi connectivity index (χ3v) is 4.96. The summed E-state index contributed by atoms with van der Waals surface area (Å²) >= 11 is 0. The number of hydrogen-bond donors (Lipinski definition) is 0. The number of piperazine rings is 1. The largest absolute Gasteiger partial charge is 0.444 e. The lowest BCUT2D eigenvalue weighted by molar-refractivity contribution is -0.00190. The molecule has 1 aliphatic rings. The van der Waals surface area contributed by atoms with Gasteiger partial charge in [-0.05, 0) is 38.3 Å². The van der Waals surface area contributed by atoms with E-state index in [1.54, 1.807) is 0 Å². The molecule has 0 N–H and O–H groups in total. The standard InChI is InChI=1S/C25H32N2O2/c1-25(2,3)29-24(28)27-18-17-26(19-22-13-8-5-9-14-22)20-23(27)16-10-15-21-11-6-4-7-12-21/h4-15,23H,16-20H2,1-3H3. The van der Waals surface area contributed by atoms with Crippen molar-refractivity contribution in [3.8, 4) is 0 Å². The van der Waals surface area contributed by atoms with Crippen molar-refractivity contribution >= 4 is 12.2 Å². The SMILES string of the molecule is CC(C)(C)OC(=O)N1CCN(Cc2ccccc2)CC1CC=Cc1ccccc1. The van der Waals surface area contributed by atoms with Crippen LogP contribution in [-0.4, -0.2) is 47.2 Å². The van der Waals surface area contributed by atoms with Gasteiger partial charge in [0, 0.05) is 26.2 Å². The second-order valence-corrected chi connectivity index (χ2v) is 8.60. The maximum Gasteiger partial charge on any atom is 0.410 e. The van der Waals surface area contributed by atoms with Crippen LogP contribution in [0.25, 0.3) is 6.08 Å². The summed E-state index contributed by atoms with van der Waals surface area (Å²) in [5, 5.41) is 0. The average Bonchev–Trinajstić information content (AvgIpc) is 2.68. The molecular weight excluding hydrogens is 360 g/mol. The van der Waals surface area contributed by atoms with Crippen molar-refractivity contribution in [3.63, 3.8) is 0 Å². The maximum atomic E-state index is 12.8. The zero-order valence-electron chi connectivity index (χ0n) is 17.8. The Bertz CT molecular complexity index is 797. The first-order chi connectivity index (χ1) is 13.9. The maximum absolute atomic E-state index is 12.8. The van der Waals surface area contributed by atoms with E-state index in [0.717, 1.165) is 26.1 Å². The molecule has 1 aliphatic heterocycles. The Morgan fingerprint density at radius 1 is 1.03 bits per heavy atom. The molecule has 0 aliphatic carbocycles. The quantitative estimate of drug-likeness (QED) is 0.700. The second-order valence-electron chi connectivity index (χ2n) is 8.60. The zero-order chi connectivity index (χ0) is 20.7. The molecule has 3 rings (SSSR count). The molecule has 1 amide bonds. The van der Waals surface area contributed by atoms with Crippen molar-refractivity contribution in [3.05, 3.63) is 77.9 Å². The lowest BCUT2D eigenvalue weighted by Gasteiger charge is -2.41. The monoisotopic (exact) mass is 392 g/mol. The van der Waals surface area contributed by atoms with Crippen LogP contribution < -0.4 is 0 Å². The Morgan fingerprint density at radius 2 is 1.69 bits per heavy atom. The van der Waals surface area contributed by atoms with E-state index in [-0.39, 0.29) is 12.1 Å². The van der Waals surface area contributed by atoms with Gasteiger partial charge in [0.2, 0.25) is 0 Å². The highest BCUT2D eigenvalue weighted by Crippen LogP contribution is 2.20. The van der Waals surface area contributed by atoms with E-state index in [4.69, 9.17) is 4.74 Å². The van der Waals surface area contributed by atoms with Crippen LogP contribution in [0, 0.1) is 0 Å². The van der Waals surface area contributed by atoms with Crippen molar-refractivity contribution in [1.29, 1.82) is 0 Å². The summed E-state index contributed by atoms with van der Waals surface area (Å²) in [5.41, 5.74) is 1.99. The van der Waals surface area contributed by atoms with Gasteiger partial charge in [0.25, 0.3) is 0 Å². The van der Waals surface area contributed by atoms with Gasteiger partial charge in [-0.3, -0.25) is 4.90 Å². The van der Waals surface area contributed by atoms with Crippen molar-refractivity contribution in [2.45, 2.75) is 45.4 Å². The number of ether oxygens (including phenoxy) is 1. The first kappa shape index (κ1) is 21.1. The summed E-state index contributed by atoms with van der Waals surface area (Å²) in [4.78, 5) is 17.1. The van der Waals surface area contributed by atoms with E-state index in [1.165, 1.54) is 11.1 Å². The number of hydrogen-bond acceptors (Lipinski definition) is 3. The molecule has 154 valence electrons. The summed E-state index contributed by atoms with van der Waals surface area (Å²) in [5.74, 6) is 0. The van der Waals surface area contributed by atoms with Gasteiger partial charge in [-0.2, -0.15) is 0 Å². The van der Waals surface area contributed by atoms with Gasteiger partial charge in [-0.15, -0.1) is 0 Å². The molecule has 0 saturated carbocycles. The fourth-order valence-electron chi connectivity index (χ4n) is 3.59. The Labute approximate surface area is 174 Å². The van der Waals surface area contributed by atoms with Crippen molar-refractivity contribution < 1.29 is 9.53 Å². The number of benzene rings is 2. The molecule has 0 bridgehead atoms. The molecule has 4 nitrogen and oxygen atoms in total. The van der Waals surface area contributed by atoms with Gasteiger partial charge < -0.3 is 9.64 Å². The normalized spacial score (nSPS) is 18.2. The van der Waals surface area contributed by atoms with Gasteiger partial charge in [0.15, 0.2) is 0 Å². The van der Waals surface area contributed by atoms with E-state index in [9.17, 15) is 4.79 Å². The zero-order valence-corrected chi connectivity index (χ0v) is 17.8. The summed E-state index contributed by atoms with van der Waals surface area (Å²) in [6, 6.07) is 20.9. The molecule has 1 fully saturated rings. The molecule has 1 unspecified atom stereocenters. The highest BCUT2D eigenvalue weighted by molar-refractivity contribution is 5.69. The van der Waals surface area contributed by atoms with Crippen LogP contribution in [0.1, 0.15) is 38.3 Å². The number of amides is 1. The Morgan fingerprint density at radius 3 is 2.34 bits per heavy atom. The third-order valence-electron chi connectivity index (χ3n) is 4.96.